The Morgan fingerprint density at radius 3 is 3.20 bits per heavy atom. The number of hydrogen-bond acceptors (Lipinski definition) is 1. The Labute approximate surface area is 62.9 Å². The highest BCUT2D eigenvalue weighted by molar-refractivity contribution is 5.64. The average Bonchev–Trinajstić information content (AvgIpc) is 2.36. The second-order valence-electron chi connectivity index (χ2n) is 2.87. The van der Waals surface area contributed by atoms with Gasteiger partial charge in [0.15, 0.2) is 0 Å². The van der Waals surface area contributed by atoms with Gasteiger partial charge in [0.2, 0.25) is 0 Å². The number of nitrogens with zero attached hydrogens (tertiary/aromatic N) is 1. The molecule has 1 heteroatoms. The standard InChI is InChI=1S/C9H15N/c1-3-5-9-7-10-6-8(9)4-2/h4,7-9H,2-3,5-6H2,1H3. The van der Waals surface area contributed by atoms with Crippen molar-refractivity contribution < 1.29 is 0 Å². The van der Waals surface area contributed by atoms with Crippen LogP contribution in [0.3, 0.4) is 0 Å². The van der Waals surface area contributed by atoms with E-state index in [9.17, 15) is 0 Å². The summed E-state index contributed by atoms with van der Waals surface area (Å²) in [6.45, 7) is 6.98. The van der Waals surface area contributed by atoms with E-state index in [1.54, 1.807) is 0 Å². The first kappa shape index (κ1) is 7.52. The summed E-state index contributed by atoms with van der Waals surface area (Å²) in [5, 5.41) is 0. The van der Waals surface area contributed by atoms with Crippen LogP contribution in [0.1, 0.15) is 19.8 Å². The minimum atomic E-state index is 0.625. The van der Waals surface area contributed by atoms with Gasteiger partial charge in [0.25, 0.3) is 0 Å². The second-order valence-corrected chi connectivity index (χ2v) is 2.87. The van der Waals surface area contributed by atoms with E-state index in [0.717, 1.165) is 6.54 Å². The quantitative estimate of drug-likeness (QED) is 0.529. The van der Waals surface area contributed by atoms with E-state index in [0.29, 0.717) is 11.8 Å². The maximum absolute atomic E-state index is 4.24. The predicted molar refractivity (Wildman–Crippen MR) is 45.4 cm³/mol. The van der Waals surface area contributed by atoms with Gasteiger partial charge in [0.05, 0.1) is 0 Å². The van der Waals surface area contributed by atoms with Crippen molar-refractivity contribution in [3.8, 4) is 0 Å². The summed E-state index contributed by atoms with van der Waals surface area (Å²) in [5.74, 6) is 1.31. The van der Waals surface area contributed by atoms with E-state index >= 15 is 0 Å². The molecule has 0 saturated heterocycles. The molecule has 0 aromatic rings. The summed E-state index contributed by atoms with van der Waals surface area (Å²) < 4.78 is 0. The Bertz CT molecular complexity index is 138. The van der Waals surface area contributed by atoms with Crippen molar-refractivity contribution >= 4 is 6.21 Å². The molecule has 0 aromatic heterocycles. The van der Waals surface area contributed by atoms with Crippen LogP contribution in [0.25, 0.3) is 0 Å². The Kier molecular flexibility index (Phi) is 2.67. The molecule has 0 aliphatic carbocycles. The van der Waals surface area contributed by atoms with Crippen molar-refractivity contribution in [1.82, 2.24) is 0 Å². The molecule has 1 aliphatic heterocycles. The zero-order valence-electron chi connectivity index (χ0n) is 6.59. The molecule has 0 amide bonds. The fourth-order valence-corrected chi connectivity index (χ4v) is 1.44. The van der Waals surface area contributed by atoms with Gasteiger partial charge in [0, 0.05) is 24.6 Å². The van der Waals surface area contributed by atoms with Crippen molar-refractivity contribution in [2.45, 2.75) is 19.8 Å². The molecule has 0 spiro atoms. The summed E-state index contributed by atoms with van der Waals surface area (Å²) in [4.78, 5) is 4.24. The Balaban J connectivity index is 2.40. The van der Waals surface area contributed by atoms with Gasteiger partial charge in [-0.15, -0.1) is 6.58 Å². The minimum absolute atomic E-state index is 0.625. The van der Waals surface area contributed by atoms with Gasteiger partial charge < -0.3 is 0 Å². The third-order valence-electron chi connectivity index (χ3n) is 2.09. The molecular weight excluding hydrogens is 122 g/mol. The molecule has 0 radical (unpaired) electrons. The van der Waals surface area contributed by atoms with Gasteiger partial charge in [-0.3, -0.25) is 4.99 Å². The zero-order chi connectivity index (χ0) is 7.40. The minimum Gasteiger partial charge on any atom is -0.297 e. The van der Waals surface area contributed by atoms with E-state index in [2.05, 4.69) is 24.7 Å². The van der Waals surface area contributed by atoms with E-state index in [1.165, 1.54) is 12.8 Å². The Morgan fingerprint density at radius 2 is 2.60 bits per heavy atom. The Hall–Kier alpha value is -0.590. The fourth-order valence-electron chi connectivity index (χ4n) is 1.44. The smallest absolute Gasteiger partial charge is 0.0454 e. The van der Waals surface area contributed by atoms with Crippen LogP contribution < -0.4 is 0 Å². The summed E-state index contributed by atoms with van der Waals surface area (Å²) in [5.41, 5.74) is 0. The first-order valence-corrected chi connectivity index (χ1v) is 4.01. The van der Waals surface area contributed by atoms with Gasteiger partial charge in [-0.2, -0.15) is 0 Å². The largest absolute Gasteiger partial charge is 0.297 e. The third-order valence-corrected chi connectivity index (χ3v) is 2.09. The Morgan fingerprint density at radius 1 is 1.80 bits per heavy atom. The van der Waals surface area contributed by atoms with Crippen molar-refractivity contribution in [2.75, 3.05) is 6.54 Å². The monoisotopic (exact) mass is 137 g/mol. The van der Waals surface area contributed by atoms with Gasteiger partial charge in [-0.1, -0.05) is 19.4 Å². The summed E-state index contributed by atoms with van der Waals surface area (Å²) >= 11 is 0. The van der Waals surface area contributed by atoms with Crippen molar-refractivity contribution in [1.29, 1.82) is 0 Å². The lowest BCUT2D eigenvalue weighted by Crippen LogP contribution is -2.09. The molecule has 0 fully saturated rings. The fraction of sp³-hybridized carbons (Fsp3) is 0.667. The SMILES string of the molecule is C=CC1CN=CC1CCC. The topological polar surface area (TPSA) is 12.4 Å². The molecule has 0 saturated carbocycles. The molecule has 1 heterocycles. The highest BCUT2D eigenvalue weighted by Crippen LogP contribution is 2.21. The summed E-state index contributed by atoms with van der Waals surface area (Å²) in [6, 6.07) is 0. The normalized spacial score (nSPS) is 30.9. The van der Waals surface area contributed by atoms with Crippen molar-refractivity contribution in [3.63, 3.8) is 0 Å². The first-order chi connectivity index (χ1) is 4.88. The molecule has 2 atom stereocenters. The van der Waals surface area contributed by atoms with E-state index in [-0.39, 0.29) is 0 Å². The molecule has 1 rings (SSSR count). The van der Waals surface area contributed by atoms with Crippen LogP contribution in [0, 0.1) is 11.8 Å². The van der Waals surface area contributed by atoms with E-state index < -0.39 is 0 Å². The van der Waals surface area contributed by atoms with Gasteiger partial charge in [-0.25, -0.2) is 0 Å². The maximum Gasteiger partial charge on any atom is 0.0454 e. The van der Waals surface area contributed by atoms with Crippen molar-refractivity contribution in [2.24, 2.45) is 16.8 Å². The molecular formula is C9H15N. The predicted octanol–water partition coefficient (Wildman–Crippen LogP) is 2.29. The summed E-state index contributed by atoms with van der Waals surface area (Å²) in [7, 11) is 0. The average molecular weight is 137 g/mol. The maximum atomic E-state index is 4.24. The highest BCUT2D eigenvalue weighted by atomic mass is 14.8. The molecule has 2 unspecified atom stereocenters. The highest BCUT2D eigenvalue weighted by Gasteiger charge is 2.19. The van der Waals surface area contributed by atoms with Crippen LogP contribution in [0.5, 0.6) is 0 Å². The number of rotatable bonds is 3. The lowest BCUT2D eigenvalue weighted by Gasteiger charge is -2.11. The van der Waals surface area contributed by atoms with Gasteiger partial charge >= 0.3 is 0 Å². The zero-order valence-corrected chi connectivity index (χ0v) is 6.59. The van der Waals surface area contributed by atoms with Crippen LogP contribution in [0.2, 0.25) is 0 Å². The first-order valence-electron chi connectivity index (χ1n) is 4.01. The van der Waals surface area contributed by atoms with Crippen molar-refractivity contribution in [3.05, 3.63) is 12.7 Å². The van der Waals surface area contributed by atoms with Crippen LogP contribution in [-0.2, 0) is 0 Å². The summed E-state index contributed by atoms with van der Waals surface area (Å²) in [6.07, 6.45) is 6.64. The van der Waals surface area contributed by atoms with E-state index in [4.69, 9.17) is 0 Å². The van der Waals surface area contributed by atoms with Crippen LogP contribution in [0.15, 0.2) is 17.6 Å². The second kappa shape index (κ2) is 3.55. The molecule has 56 valence electrons. The molecule has 0 aromatic carbocycles. The van der Waals surface area contributed by atoms with Gasteiger partial charge in [0.1, 0.15) is 0 Å². The van der Waals surface area contributed by atoms with E-state index in [1.807, 2.05) is 6.08 Å². The third kappa shape index (κ3) is 1.47. The number of aliphatic imine (C=N–C) groups is 1. The molecule has 1 nitrogen and oxygen atoms in total. The van der Waals surface area contributed by atoms with Crippen LogP contribution >= 0.6 is 0 Å². The van der Waals surface area contributed by atoms with Crippen LogP contribution in [0.4, 0.5) is 0 Å². The molecule has 0 bridgehead atoms. The molecule has 10 heavy (non-hydrogen) atoms. The molecule has 0 N–H and O–H groups in total. The molecule has 1 aliphatic rings. The lowest BCUT2D eigenvalue weighted by molar-refractivity contribution is 0.513. The number of hydrogen-bond donors (Lipinski definition) is 0. The lowest BCUT2D eigenvalue weighted by atomic mass is 9.92. The van der Waals surface area contributed by atoms with Crippen LogP contribution in [-0.4, -0.2) is 12.8 Å². The van der Waals surface area contributed by atoms with Gasteiger partial charge in [-0.05, 0) is 6.42 Å².